The molecule has 0 spiro atoms. The Balaban J connectivity index is -0.0000000687. The van der Waals surface area contributed by atoms with Crippen LogP contribution >= 0.6 is 11.8 Å². The van der Waals surface area contributed by atoms with Crippen LogP contribution in [-0.4, -0.2) is 253 Å². The van der Waals surface area contributed by atoms with Gasteiger partial charge in [0, 0.05) is 105 Å². The van der Waals surface area contributed by atoms with Gasteiger partial charge in [0.1, 0.15) is 15.6 Å². The Morgan fingerprint density at radius 1 is 0.365 bits per heavy atom. The molecule has 137 heavy (non-hydrogen) atoms. The predicted octanol–water partition coefficient (Wildman–Crippen LogP) is 20.4. The van der Waals surface area contributed by atoms with Crippen molar-refractivity contribution in [3.05, 3.63) is 206 Å². The number of urea groups is 1. The van der Waals surface area contributed by atoms with E-state index >= 15 is 0 Å². The number of amides is 5. The van der Waals surface area contributed by atoms with Crippen molar-refractivity contribution >= 4 is 169 Å². The Morgan fingerprint density at radius 2 is 0.562 bits per heavy atom. The minimum atomic E-state index is -3.32. The number of sulfone groups is 1. The molecular weight excluding hydrogens is 1900 g/mol. The van der Waals surface area contributed by atoms with E-state index in [1.165, 1.54) is 149 Å². The summed E-state index contributed by atoms with van der Waals surface area (Å²) in [6.45, 7) is 41.4. The molecule has 5 amide bonds. The molecule has 31 nitrogen and oxygen atoms in total. The average molecular weight is 2080 g/mol. The lowest BCUT2D eigenvalue weighted by Gasteiger charge is -2.02. The van der Waals surface area contributed by atoms with Crippen LogP contribution < -0.4 is 36.0 Å². The lowest BCUT2D eigenvalue weighted by atomic mass is 10.0. The first kappa shape index (κ1) is 170. The maximum atomic E-state index is 10.1. The number of fused-ring (bicyclic) bond motifs is 6. The second kappa shape index (κ2) is 131. The molecule has 0 fully saturated rings. The molecule has 0 bridgehead atoms. The van der Waals surface area contributed by atoms with E-state index in [2.05, 4.69) is 266 Å². The van der Waals surface area contributed by atoms with E-state index in [1.54, 1.807) is 64.4 Å². The highest BCUT2D eigenvalue weighted by Gasteiger charge is 2.01. The summed E-state index contributed by atoms with van der Waals surface area (Å²) in [7, 11) is 9.64. The summed E-state index contributed by atoms with van der Waals surface area (Å²) in [5.41, 5.74) is 1.32. The summed E-state index contributed by atoms with van der Waals surface area (Å²) < 4.78 is 131. The zero-order valence-corrected chi connectivity index (χ0v) is 97.6. The van der Waals surface area contributed by atoms with E-state index in [0.717, 1.165) is 45.3 Å². The number of aryl methyl sites for hydroxylation is 1. The fourth-order valence-electron chi connectivity index (χ4n) is 6.08. The number of thioether (sulfide) groups is 1. The number of rotatable bonds is 4. The molecule has 800 valence electrons. The van der Waals surface area contributed by atoms with Crippen LogP contribution in [0.2, 0.25) is 0 Å². The van der Waals surface area contributed by atoms with Crippen molar-refractivity contribution in [1.82, 2.24) is 36.0 Å². The lowest BCUT2D eigenvalue weighted by Crippen LogP contribution is -2.28. The maximum Gasteiger partial charge on any atom is 0.507 e. The first-order valence-electron chi connectivity index (χ1n) is 43.1. The molecule has 38 heteroatoms. The number of hydrogen-bond donors (Lipinski definition) is 7. The first-order valence-corrected chi connectivity index (χ1v) is 56.1. The van der Waals surface area contributed by atoms with Gasteiger partial charge in [-0.1, -0.05) is 311 Å². The number of carbonyl (C=O) groups is 7. The minimum absolute atomic E-state index is 0.00463. The van der Waals surface area contributed by atoms with Gasteiger partial charge in [-0.2, -0.15) is 20.2 Å². The number of methoxy groups -OCH3 is 5. The van der Waals surface area contributed by atoms with Crippen molar-refractivity contribution in [3.8, 4) is 0 Å². The fraction of sp³-hybridized carbons (Fsp3) is 0.485. The van der Waals surface area contributed by atoms with Gasteiger partial charge in [-0.15, -0.1) is 0 Å². The van der Waals surface area contributed by atoms with Gasteiger partial charge in [-0.3, -0.25) is 31.7 Å². The zero-order chi connectivity index (χ0) is 112. The summed E-state index contributed by atoms with van der Waals surface area (Å²) in [5.74, 6) is -0.637. The lowest BCUT2D eigenvalue weighted by molar-refractivity contribution is -0.138. The summed E-state index contributed by atoms with van der Waals surface area (Å²) in [4.78, 5) is 68.2. The van der Waals surface area contributed by atoms with E-state index < -0.39 is 80.0 Å². The average Bonchev–Trinajstić information content (AvgIpc) is 0.807. The van der Waals surface area contributed by atoms with Gasteiger partial charge in [0.15, 0.2) is 11.1 Å². The van der Waals surface area contributed by atoms with Gasteiger partial charge in [0.25, 0.3) is 10.1 Å². The van der Waals surface area contributed by atoms with Crippen LogP contribution in [0, 0.1) is 6.92 Å². The summed E-state index contributed by atoms with van der Waals surface area (Å²) in [5, 5.41) is 25.3. The monoisotopic (exact) mass is 2080 g/mol. The molecule has 0 saturated carbocycles. The number of carbonyl (C=O) groups excluding carboxylic acids is 7. The van der Waals surface area contributed by atoms with Gasteiger partial charge < -0.3 is 55.1 Å². The van der Waals surface area contributed by atoms with Crippen molar-refractivity contribution in [2.75, 3.05) is 169 Å². The zero-order valence-electron chi connectivity index (χ0n) is 91.9. The summed E-state index contributed by atoms with van der Waals surface area (Å²) >= 11 is 0.677. The first-order chi connectivity index (χ1) is 64.1. The Labute approximate surface area is 840 Å². The van der Waals surface area contributed by atoms with Gasteiger partial charge in [-0.05, 0) is 120 Å². The van der Waals surface area contributed by atoms with Gasteiger partial charge in [0.2, 0.25) is 31.9 Å². The highest BCUT2D eigenvalue weighted by atomic mass is 32.2. The van der Waals surface area contributed by atoms with E-state index in [4.69, 9.17) is 0 Å². The third-order valence-electron chi connectivity index (χ3n) is 10.9. The molecule has 0 aliphatic carbocycles. The second-order valence-corrected chi connectivity index (χ2v) is 34.6. The van der Waals surface area contributed by atoms with Crippen LogP contribution in [0.5, 0.6) is 0 Å². The van der Waals surface area contributed by atoms with Gasteiger partial charge in [0.05, 0.1) is 61.4 Å². The highest BCUT2D eigenvalue weighted by molar-refractivity contribution is 7.97. The van der Waals surface area contributed by atoms with Crippen molar-refractivity contribution < 1.29 is 108 Å². The number of alkyl carbamates (subject to hydrolysis) is 1. The Bertz CT molecular complexity index is 4320. The fourth-order valence-corrected chi connectivity index (χ4v) is 6.60. The normalized spacial score (nSPS) is 8.70. The number of esters is 1. The molecule has 0 aliphatic rings. The number of ketones is 1. The molecule has 0 saturated heterocycles. The number of nitrogens with one attached hydrogen (secondary N) is 7. The molecule has 0 radical (unpaired) electrons. The molecule has 0 aliphatic heterocycles. The molecule has 1 atom stereocenters. The maximum absolute atomic E-state index is 10.1. The van der Waals surface area contributed by atoms with Crippen LogP contribution in [0.3, 0.4) is 0 Å². The Kier molecular flexibility index (Phi) is 162. The smallest absolute Gasteiger partial charge is 0.469 e. The molecule has 0 aromatic heterocycles. The number of Topliss-reactive ketones (excluding diaryl/α,β-unsaturated/α-hetero) is 1. The number of benzene rings is 9. The molecule has 0 heterocycles. The van der Waals surface area contributed by atoms with Crippen LogP contribution in [0.1, 0.15) is 157 Å². The molecule has 1 unspecified atom stereocenters. The number of ether oxygens (including phenoxy) is 5. The van der Waals surface area contributed by atoms with Crippen molar-refractivity contribution in [1.29, 1.82) is 0 Å². The Hall–Kier alpha value is -9.58. The Morgan fingerprint density at radius 3 is 0.664 bits per heavy atom. The number of sulfonamides is 2. The predicted molar refractivity (Wildman–Crippen MR) is 595 cm³/mol. The SMILES string of the molecule is CC.CC.CC.CC.CC.CC.CC.CC(=O)NS(C)(=O)=O.CC(C)=O.CCC.CNC.CNC(=O)NC.CNC(=O)OC.CNC(C)=O.CNS(C)(=O)=O.COC.COC(=O)OC.COC(C)=O.COS(C)(=O)=O.COS(C)=O.CS(C)(=O)=O.CS(C)=O.CSC.Cc1ccccc1.c1ccc2c(c1)ccc1ccccc12.c1ccc2cc3ccccc3cc2c1.c1ccc2ccccc2c1. The highest BCUT2D eigenvalue weighted by Crippen LogP contribution is 2.25. The van der Waals surface area contributed by atoms with Gasteiger partial charge in [-0.25, -0.2) is 48.6 Å². The van der Waals surface area contributed by atoms with Crippen LogP contribution in [0.25, 0.3) is 53.9 Å². The summed E-state index contributed by atoms with van der Waals surface area (Å²) in [6, 6.07) is 69.6. The van der Waals surface area contributed by atoms with Crippen molar-refractivity contribution in [3.63, 3.8) is 0 Å². The van der Waals surface area contributed by atoms with E-state index in [0.29, 0.717) is 0 Å². The molecule has 7 N–H and O–H groups in total. The topological polar surface area (TPSA) is 439 Å². The minimum Gasteiger partial charge on any atom is -0.469 e. The molecule has 9 aromatic rings. The third-order valence-corrected chi connectivity index (χ3v) is 13.4. The van der Waals surface area contributed by atoms with Crippen LogP contribution in [-0.2, 0) is 113 Å². The van der Waals surface area contributed by atoms with Crippen molar-refractivity contribution in [2.24, 2.45) is 0 Å². The number of hydrogen-bond acceptors (Lipinski definition) is 26. The van der Waals surface area contributed by atoms with E-state index in [1.807, 2.05) is 142 Å². The second-order valence-electron chi connectivity index (χ2n) is 23.4. The van der Waals surface area contributed by atoms with Crippen molar-refractivity contribution in [2.45, 2.75) is 159 Å². The largest absolute Gasteiger partial charge is 0.507 e. The standard InChI is InChI=1S/2C14H10.C10H8.C7H8.C3H8N2O.C3H7NO3S.C3H7NO2.C3H7NO.C3H6O3.C3H6O2.C3H6O.C3H8.C2H7NO2S.C2H7N.C2H6O3S.2C2H6O2S.C2H6OS.C2H6O.C2H6S.7C2H6/c1-3-7-13-11(5-1)9-10-12-6-2-4-8-14(12)13;1-2-6-12-10-14-8-4-3-7-13(14)9-11(12)5-1;1-2-6-10-8-4-3-7-9(10)5-1;1-7-5-3-2-4-6-7;1-4-3(6)5-2;1-3(5)4-8(2,6)7;1-4-3(5)6-2;1-3(5)4-2;1-5-3(4)6-2;1-3(4)5-2;1-3(2)4;1-3-2;1-3-6(2,4)5;1-3-2;1-5-6(2,3)4;1-5(2,3)4;1-4-5(2)3;1-4(2)3;2*1-3-2;7*1-2/h2*1-10H;1-8H;2-6H,1H3;1-2H3,(H2,4,5,6);1-2H3,(H,4,5);1-2H3,(H,4,5);1-2H3,(H,4,5);1-2H3;1-2H3;1-2H3;3H2,1-2H3;3H,1-2H3;3H,1-2H3;1-2H3;2*1-2H3;1-2H3;2*1-2H3;7*1-2H3. The molecule has 9 rings (SSSR count). The molecule has 9 aromatic carbocycles. The van der Waals surface area contributed by atoms with E-state index in [-0.39, 0.29) is 23.7 Å². The van der Waals surface area contributed by atoms with Crippen LogP contribution in [0.15, 0.2) is 200 Å². The van der Waals surface area contributed by atoms with Gasteiger partial charge >= 0.3 is 24.2 Å². The molecular formula is C99H183N7O24S7. The van der Waals surface area contributed by atoms with Crippen LogP contribution in [0.4, 0.5) is 14.4 Å². The quantitative estimate of drug-likeness (QED) is 0.0283. The van der Waals surface area contributed by atoms with E-state index in [9.17, 15) is 75.7 Å². The summed E-state index contributed by atoms with van der Waals surface area (Å²) in [6.07, 6.45) is 14.4. The third kappa shape index (κ3) is 173.